The van der Waals surface area contributed by atoms with E-state index in [0.717, 1.165) is 48.7 Å². The molecular weight excluding hydrogens is 368 g/mol. The summed E-state index contributed by atoms with van der Waals surface area (Å²) in [4.78, 5) is 7.17. The van der Waals surface area contributed by atoms with Crippen LogP contribution in [0, 0.1) is 0 Å². The Balaban J connectivity index is 1.70. The quantitative estimate of drug-likeness (QED) is 0.871. The van der Waals surface area contributed by atoms with Crippen molar-refractivity contribution in [2.24, 2.45) is 0 Å². The summed E-state index contributed by atoms with van der Waals surface area (Å²) in [6.45, 7) is 2.89. The average molecular weight is 391 g/mol. The van der Waals surface area contributed by atoms with Crippen LogP contribution in [0.3, 0.4) is 0 Å². The van der Waals surface area contributed by atoms with Crippen molar-refractivity contribution in [3.8, 4) is 0 Å². The standard InChI is InChI=1S/C18H23BrN4O/c1-23-10-9-20-12-15(23)16-21-17(24-22-16)18(7-2-3-8-18)13-5-4-6-14(19)11-13/h4-6,11,15,20H,2-3,7-10,12H2,1H3. The summed E-state index contributed by atoms with van der Waals surface area (Å²) in [6, 6.07) is 8.73. The third-order valence-corrected chi connectivity index (χ3v) is 5.99. The van der Waals surface area contributed by atoms with Crippen LogP contribution >= 0.6 is 15.9 Å². The number of hydrogen-bond donors (Lipinski definition) is 1. The highest BCUT2D eigenvalue weighted by atomic mass is 79.9. The minimum atomic E-state index is -0.129. The molecule has 1 saturated heterocycles. The third-order valence-electron chi connectivity index (χ3n) is 5.49. The molecule has 2 aromatic rings. The summed E-state index contributed by atoms with van der Waals surface area (Å²) < 4.78 is 6.92. The van der Waals surface area contributed by atoms with E-state index in [9.17, 15) is 0 Å². The normalized spacial score (nSPS) is 24.3. The smallest absolute Gasteiger partial charge is 0.237 e. The SMILES string of the molecule is CN1CCNCC1c1noc(C2(c3cccc(Br)c3)CCCC2)n1. The molecule has 0 radical (unpaired) electrons. The van der Waals surface area contributed by atoms with Gasteiger partial charge >= 0.3 is 0 Å². The first-order valence-corrected chi connectivity index (χ1v) is 9.49. The zero-order valence-corrected chi connectivity index (χ0v) is 15.6. The van der Waals surface area contributed by atoms with Crippen LogP contribution < -0.4 is 5.32 Å². The molecule has 1 unspecified atom stereocenters. The van der Waals surface area contributed by atoms with E-state index in [0.29, 0.717) is 0 Å². The van der Waals surface area contributed by atoms with Gasteiger partial charge in [0.15, 0.2) is 5.82 Å². The number of hydrogen-bond acceptors (Lipinski definition) is 5. The highest BCUT2D eigenvalue weighted by molar-refractivity contribution is 9.10. The van der Waals surface area contributed by atoms with Crippen LogP contribution in [0.15, 0.2) is 33.3 Å². The lowest BCUT2D eigenvalue weighted by Gasteiger charge is -2.30. The van der Waals surface area contributed by atoms with Gasteiger partial charge in [0.05, 0.1) is 11.5 Å². The fraction of sp³-hybridized carbons (Fsp3) is 0.556. The monoisotopic (exact) mass is 390 g/mol. The molecule has 1 aliphatic heterocycles. The van der Waals surface area contributed by atoms with E-state index >= 15 is 0 Å². The predicted octanol–water partition coefficient (Wildman–Crippen LogP) is 3.27. The van der Waals surface area contributed by atoms with Crippen molar-refractivity contribution < 1.29 is 4.52 Å². The number of rotatable bonds is 3. The molecule has 2 heterocycles. The van der Waals surface area contributed by atoms with Gasteiger partial charge in [-0.1, -0.05) is 46.1 Å². The molecule has 1 aromatic heterocycles. The summed E-state index contributed by atoms with van der Waals surface area (Å²) in [5.74, 6) is 1.59. The van der Waals surface area contributed by atoms with E-state index < -0.39 is 0 Å². The molecule has 1 aliphatic carbocycles. The van der Waals surface area contributed by atoms with E-state index in [1.54, 1.807) is 0 Å². The van der Waals surface area contributed by atoms with Gasteiger partial charge in [0, 0.05) is 24.1 Å². The van der Waals surface area contributed by atoms with Gasteiger partial charge in [-0.25, -0.2) is 0 Å². The fourth-order valence-corrected chi connectivity index (χ4v) is 4.45. The maximum Gasteiger partial charge on any atom is 0.237 e. The van der Waals surface area contributed by atoms with Gasteiger partial charge in [-0.15, -0.1) is 0 Å². The van der Waals surface area contributed by atoms with E-state index in [-0.39, 0.29) is 11.5 Å². The van der Waals surface area contributed by atoms with Crippen molar-refractivity contribution in [2.75, 3.05) is 26.7 Å². The van der Waals surface area contributed by atoms with E-state index in [2.05, 4.69) is 62.6 Å². The minimum Gasteiger partial charge on any atom is -0.338 e. The zero-order valence-electron chi connectivity index (χ0n) is 14.0. The molecule has 1 atom stereocenters. The molecule has 24 heavy (non-hydrogen) atoms. The average Bonchev–Trinajstić information content (AvgIpc) is 3.25. The first kappa shape index (κ1) is 16.2. The number of nitrogens with zero attached hydrogens (tertiary/aromatic N) is 3. The second-order valence-electron chi connectivity index (χ2n) is 6.96. The van der Waals surface area contributed by atoms with Gasteiger partial charge in [0.2, 0.25) is 5.89 Å². The first-order chi connectivity index (χ1) is 11.7. The highest BCUT2D eigenvalue weighted by Crippen LogP contribution is 2.46. The van der Waals surface area contributed by atoms with Crippen LogP contribution in [0.4, 0.5) is 0 Å². The van der Waals surface area contributed by atoms with Gasteiger partial charge in [0.1, 0.15) is 0 Å². The van der Waals surface area contributed by atoms with Gasteiger partial charge in [-0.3, -0.25) is 4.90 Å². The van der Waals surface area contributed by atoms with Crippen LogP contribution in [0.5, 0.6) is 0 Å². The minimum absolute atomic E-state index is 0.129. The molecule has 128 valence electrons. The molecule has 1 saturated carbocycles. The van der Waals surface area contributed by atoms with Crippen molar-refractivity contribution in [1.82, 2.24) is 20.4 Å². The van der Waals surface area contributed by atoms with Gasteiger partial charge in [-0.2, -0.15) is 4.98 Å². The Morgan fingerprint density at radius 2 is 2.17 bits per heavy atom. The number of piperazine rings is 1. The molecule has 0 bridgehead atoms. The Kier molecular flexibility index (Phi) is 4.45. The van der Waals surface area contributed by atoms with Crippen LogP contribution in [-0.2, 0) is 5.41 Å². The van der Waals surface area contributed by atoms with Crippen molar-refractivity contribution >= 4 is 15.9 Å². The fourth-order valence-electron chi connectivity index (χ4n) is 4.05. The van der Waals surface area contributed by atoms with Crippen LogP contribution in [0.1, 0.15) is 49.0 Å². The van der Waals surface area contributed by atoms with Gasteiger partial charge < -0.3 is 9.84 Å². The largest absolute Gasteiger partial charge is 0.338 e. The lowest BCUT2D eigenvalue weighted by Crippen LogP contribution is -2.44. The van der Waals surface area contributed by atoms with Crippen LogP contribution in [-0.4, -0.2) is 41.7 Å². The molecule has 2 aliphatic rings. The number of aromatic nitrogens is 2. The summed E-state index contributed by atoms with van der Waals surface area (Å²) in [5.41, 5.74) is 1.15. The Morgan fingerprint density at radius 1 is 1.33 bits per heavy atom. The lowest BCUT2D eigenvalue weighted by atomic mass is 9.79. The summed E-state index contributed by atoms with van der Waals surface area (Å²) in [6.07, 6.45) is 4.55. The van der Waals surface area contributed by atoms with Crippen molar-refractivity contribution in [2.45, 2.75) is 37.1 Å². The van der Waals surface area contributed by atoms with Crippen molar-refractivity contribution in [3.05, 3.63) is 46.0 Å². The van der Waals surface area contributed by atoms with E-state index in [4.69, 9.17) is 9.51 Å². The highest BCUT2D eigenvalue weighted by Gasteiger charge is 2.43. The third kappa shape index (κ3) is 2.80. The summed E-state index contributed by atoms with van der Waals surface area (Å²) >= 11 is 3.60. The molecular formula is C18H23BrN4O. The second kappa shape index (κ2) is 6.58. The summed E-state index contributed by atoms with van der Waals surface area (Å²) in [7, 11) is 2.13. The lowest BCUT2D eigenvalue weighted by molar-refractivity contribution is 0.190. The molecule has 4 rings (SSSR count). The Morgan fingerprint density at radius 3 is 2.92 bits per heavy atom. The Labute approximate surface area is 150 Å². The van der Waals surface area contributed by atoms with Crippen molar-refractivity contribution in [3.63, 3.8) is 0 Å². The molecule has 0 spiro atoms. The van der Waals surface area contributed by atoms with E-state index in [1.165, 1.54) is 18.4 Å². The van der Waals surface area contributed by atoms with Gasteiger partial charge in [-0.05, 0) is 37.6 Å². The van der Waals surface area contributed by atoms with Crippen molar-refractivity contribution in [1.29, 1.82) is 0 Å². The molecule has 1 aromatic carbocycles. The molecule has 1 N–H and O–H groups in total. The molecule has 0 amide bonds. The maximum absolute atomic E-state index is 5.82. The number of halogens is 1. The topological polar surface area (TPSA) is 54.2 Å². The Hall–Kier alpha value is -1.24. The number of likely N-dealkylation sites (N-methyl/N-ethyl adjacent to an activating group) is 1. The zero-order chi connectivity index (χ0) is 16.6. The molecule has 2 fully saturated rings. The van der Waals surface area contributed by atoms with Gasteiger partial charge in [0.25, 0.3) is 0 Å². The predicted molar refractivity (Wildman–Crippen MR) is 95.9 cm³/mol. The first-order valence-electron chi connectivity index (χ1n) is 8.70. The Bertz CT molecular complexity index is 711. The van der Waals surface area contributed by atoms with E-state index in [1.807, 2.05) is 0 Å². The molecule has 6 heteroatoms. The summed E-state index contributed by atoms with van der Waals surface area (Å²) in [5, 5.41) is 7.77. The number of nitrogens with one attached hydrogen (secondary N) is 1. The number of benzene rings is 1. The maximum atomic E-state index is 5.82. The second-order valence-corrected chi connectivity index (χ2v) is 7.87. The van der Waals surface area contributed by atoms with Crippen LogP contribution in [0.2, 0.25) is 0 Å². The van der Waals surface area contributed by atoms with Crippen LogP contribution in [0.25, 0.3) is 0 Å². The molecule has 5 nitrogen and oxygen atoms in total.